The van der Waals surface area contributed by atoms with Crippen LogP contribution in [0.2, 0.25) is 0 Å². The number of aliphatic hydroxyl groups excluding tert-OH is 4. The number of nitrogens with zero attached hydrogens (tertiary/aromatic N) is 11. The van der Waals surface area contributed by atoms with Crippen molar-refractivity contribution >= 4 is 145 Å². The monoisotopic (exact) mass is 2100 g/mol. The molecule has 0 radical (unpaired) electrons. The summed E-state index contributed by atoms with van der Waals surface area (Å²) >= 11 is 0. The molecule has 24 atom stereocenters. The highest BCUT2D eigenvalue weighted by molar-refractivity contribution is 7.68. The van der Waals surface area contributed by atoms with Crippen LogP contribution in [0.4, 0.5) is 26.5 Å². The lowest BCUT2D eigenvalue weighted by atomic mass is 9.99. The van der Waals surface area contributed by atoms with Crippen molar-refractivity contribution < 1.29 is 234 Å². The average molecular weight is 2100 g/mol. The molecule has 128 heavy (non-hydrogen) atoms. The topological polar surface area (TPSA) is 1110 Å². The molecule has 4 fully saturated rings. The van der Waals surface area contributed by atoms with Gasteiger partial charge in [0.1, 0.15) is 36.3 Å². The summed E-state index contributed by atoms with van der Waals surface area (Å²) in [6.07, 6.45) is -10.9. The number of hydrogen-bond acceptors (Lipinski definition) is 48. The minimum atomic E-state index is -5.75. The third kappa shape index (κ3) is 29.7. The predicted molar refractivity (Wildman–Crippen MR) is 399 cm³/mol. The summed E-state index contributed by atoms with van der Waals surface area (Å²) in [5.74, 6) is -5.01. The molecule has 0 aliphatic carbocycles. The van der Waals surface area contributed by atoms with Gasteiger partial charge in [0.25, 0.3) is 16.7 Å². The van der Waals surface area contributed by atoms with E-state index in [9.17, 15) is 128 Å². The van der Waals surface area contributed by atoms with Crippen LogP contribution < -0.4 is 51.0 Å². The molecule has 4 aliphatic heterocycles. The lowest BCUT2D eigenvalue weighted by molar-refractivity contribution is -0.0528. The first kappa shape index (κ1) is 108. The first-order valence-corrected chi connectivity index (χ1v) is 51.4. The smallest absolute Gasteiger partial charge is 0.388 e. The number of nitrogens with two attached hydrogens (primary N) is 5. The van der Waals surface area contributed by atoms with E-state index in [0.717, 1.165) is 40.4 Å². The Morgan fingerprint density at radius 1 is 0.375 bits per heavy atom. The average Bonchev–Trinajstić information content (AvgIpc) is 1.62. The quantitative estimate of drug-likeness (QED) is 0.0163. The zero-order valence-electron chi connectivity index (χ0n) is 62.3. The molecule has 724 valence electrons. The highest BCUT2D eigenvalue weighted by Crippen LogP contribution is 2.70. The lowest BCUT2D eigenvalue weighted by Gasteiger charge is -2.20. The summed E-state index contributed by atoms with van der Waals surface area (Å²) in [6.45, 7) is -6.47. The summed E-state index contributed by atoms with van der Waals surface area (Å²) in [5.41, 5.74) is 24.8. The zero-order valence-corrected chi connectivity index (χ0v) is 73.0. The van der Waals surface area contributed by atoms with Crippen LogP contribution in [0.15, 0.2) is 56.8 Å². The summed E-state index contributed by atoms with van der Waals surface area (Å²) < 4.78 is 235. The summed E-state index contributed by atoms with van der Waals surface area (Å²) in [4.78, 5) is 223. The molecule has 71 nitrogen and oxygen atoms in total. The van der Waals surface area contributed by atoms with Crippen molar-refractivity contribution in [3.8, 4) is 0 Å². The van der Waals surface area contributed by atoms with Crippen molar-refractivity contribution in [2.45, 2.75) is 73.7 Å². The number of rotatable bonds is 36. The Hall–Kier alpha value is -5.57. The third-order valence-electron chi connectivity index (χ3n) is 16.5. The minimum absolute atomic E-state index is 0.0347. The van der Waals surface area contributed by atoms with Gasteiger partial charge in [-0.3, -0.25) is 74.5 Å². The van der Waals surface area contributed by atoms with E-state index in [1.807, 2.05) is 4.98 Å². The number of nitrogens with one attached hydrogen (secondary N) is 3. The molecule has 0 saturated carbocycles. The number of imidazole rings is 3. The van der Waals surface area contributed by atoms with E-state index < -0.39 is 253 Å². The normalized spacial score (nSPS) is 27.9. The lowest BCUT2D eigenvalue weighted by Crippen LogP contribution is -2.37. The molecule has 0 spiro atoms. The van der Waals surface area contributed by atoms with Gasteiger partial charge in [-0.1, -0.05) is 0 Å². The van der Waals surface area contributed by atoms with Crippen molar-refractivity contribution in [3.05, 3.63) is 79.1 Å². The van der Waals surface area contributed by atoms with E-state index in [4.69, 9.17) is 101 Å². The van der Waals surface area contributed by atoms with Crippen molar-refractivity contribution in [2.75, 3.05) is 70.1 Å². The fourth-order valence-corrected chi connectivity index (χ4v) is 23.6. The van der Waals surface area contributed by atoms with Crippen LogP contribution >= 0.6 is 93.9 Å². The molecule has 11 heterocycles. The van der Waals surface area contributed by atoms with Crippen LogP contribution in [-0.4, -0.2) is 269 Å². The van der Waals surface area contributed by atoms with Crippen LogP contribution in [0.5, 0.6) is 0 Å². The number of aromatic amines is 3. The molecule has 7 aromatic heterocycles. The van der Waals surface area contributed by atoms with Gasteiger partial charge in [0.15, 0.2) is 58.7 Å². The van der Waals surface area contributed by atoms with Crippen LogP contribution in [0.1, 0.15) is 24.9 Å². The van der Waals surface area contributed by atoms with Gasteiger partial charge in [0, 0.05) is 49.0 Å². The van der Waals surface area contributed by atoms with Crippen LogP contribution in [0, 0.1) is 23.7 Å². The molecule has 11 rings (SSSR count). The van der Waals surface area contributed by atoms with Crippen molar-refractivity contribution in [3.63, 3.8) is 0 Å². The fourth-order valence-electron chi connectivity index (χ4n) is 11.5. The Kier molecular flexibility index (Phi) is 35.1. The molecule has 7 aromatic rings. The van der Waals surface area contributed by atoms with Crippen molar-refractivity contribution in [1.82, 2.24) is 68.1 Å². The molecule has 33 N–H and O–H groups in total. The second-order valence-corrected chi connectivity index (χ2v) is 43.0. The summed E-state index contributed by atoms with van der Waals surface area (Å²) in [7, 11) is -66.9. The Morgan fingerprint density at radius 2 is 0.656 bits per heavy atom. The molecule has 0 bridgehead atoms. The Balaban J connectivity index is 0.000000211. The fraction of sp³-hybridized carbons (Fsp3) is 0.558. The molecule has 0 aromatic carbocycles. The third-order valence-corrected chi connectivity index (χ3v) is 31.7. The van der Waals surface area contributed by atoms with Crippen LogP contribution in [-0.2, 0) is 126 Å². The number of ether oxygens (including phenoxy) is 4. The number of anilines is 3. The molecule has 4 saturated heterocycles. The maximum Gasteiger partial charge on any atom is 0.490 e. The summed E-state index contributed by atoms with van der Waals surface area (Å²) in [6, 6.07) is 0.980. The van der Waals surface area contributed by atoms with Gasteiger partial charge < -0.3 is 146 Å². The van der Waals surface area contributed by atoms with E-state index in [1.165, 1.54) is 15.5 Å². The molecule has 8 unspecified atom stereocenters. The molecule has 4 aliphatic rings. The maximum atomic E-state index is 13.6. The van der Waals surface area contributed by atoms with Gasteiger partial charge in [-0.05, 0) is 0 Å². The van der Waals surface area contributed by atoms with Crippen LogP contribution in [0.25, 0.3) is 33.5 Å². The van der Waals surface area contributed by atoms with Crippen LogP contribution in [0.3, 0.4) is 0 Å². The first-order chi connectivity index (χ1) is 58.6. The number of alkyl halides is 2. The number of phosphoric acid groups is 12. The van der Waals surface area contributed by atoms with Gasteiger partial charge in [-0.2, -0.15) is 44.5 Å². The van der Waals surface area contributed by atoms with Gasteiger partial charge in [-0.15, -0.1) is 0 Å². The second kappa shape index (κ2) is 41.7. The van der Waals surface area contributed by atoms with E-state index >= 15 is 0 Å². The minimum Gasteiger partial charge on any atom is -0.388 e. The zero-order chi connectivity index (χ0) is 96.3. The molecule has 0 amide bonds. The highest BCUT2D eigenvalue weighted by Gasteiger charge is 2.53. The maximum absolute atomic E-state index is 13.6. The van der Waals surface area contributed by atoms with E-state index in [0.29, 0.717) is 0 Å². The first-order valence-electron chi connectivity index (χ1n) is 33.3. The number of H-pyrrole nitrogens is 3. The molecular formula is C43H71F2N19O52P12. The van der Waals surface area contributed by atoms with Gasteiger partial charge in [0.05, 0.1) is 83.2 Å². The van der Waals surface area contributed by atoms with E-state index in [-0.39, 0.29) is 64.3 Å². The number of hydrogen-bond donors (Lipinski definition) is 28. The van der Waals surface area contributed by atoms with E-state index in [2.05, 4.69) is 97.4 Å². The number of aliphatic hydroxyl groups is 4. The Labute approximate surface area is 702 Å². The molecule has 85 heteroatoms. The predicted octanol–water partition coefficient (Wildman–Crippen LogP) is -5.92. The number of fused-ring (bicyclic) bond motifs is 3. The standard InChI is InChI=1S/C11H17FN5O13P3.C11H17FN5O12P3.C11H19N6O13P3.C10H18N3O14P3/c12-1-4-5(2-27-32(23,24)30-33(25,26)29-31(20,21)22)28-10(7(4)18)17-3-14-6-8(17)15-11(13)16-9(6)19;12-1-5-6(2-26-31(22,23)29-32(24,25)28-30(19,20)21)27-11(8(5)18)17-4-16-7-9(13)14-3-15-10(7)17;12-1-4-5(2-27-32(23,24)30-33(25,26)29-31(20,21)22)28-10(7(4)18)17-3-14-6-8(17)15-11(13)16-9(6)19;11-3-5-6(4-24-29(20,21)27-30(22,23)26-28(17,18)19)25-9(8(5)15)13-2-1-7(14)12-10(13)16/h3-5,7,10,18H,1-2H2,(H,23,24)(H,25,26)(H2,20,21,22)(H3,13,15,16,19);3-6,8,11,18H,1-2H2,(H,22,23)(H,24,25)(H2,13,14,15)(H2,19,20,21);3-5,7,10,18H,1-2,12H2,(H,23,24)(H,25,26)(H2,20,21,22)(H3,13,15,16,19);1-2,5-6,8-9,15H,3-4,11H2,(H,20,21)(H,22,23)(H,12,14,16)(H2,17,18,19)/t4-,5-,7-,10-;5-,6-,8-,11-;4-,5-,7-,10-;5-,6-,8-,9-/m1111/s1. The summed E-state index contributed by atoms with van der Waals surface area (Å²) in [5, 5.41) is 41.9. The largest absolute Gasteiger partial charge is 0.490 e. The number of phosphoric ester groups is 4. The van der Waals surface area contributed by atoms with Crippen molar-refractivity contribution in [1.29, 1.82) is 0 Å². The SMILES string of the molecule is NC[C@H]1[C@@H](O)[C@H](n2ccc(=O)[nH]c2=O)O[C@@H]1COP(=O)(O)OP(=O)(O)OP(=O)(O)O.NC[C@H]1[C@@H](O)[C@H](n2cnc3c(=O)[nH]c(N)nc32)O[C@@H]1COP(=O)(O)OP(=O)(O)OP(=O)(O)O.Nc1nc2c(ncn2[C@@H]2O[C@H](COP(=O)(O)OP(=O)(O)OP(=O)(O)O)[C@@H](CF)[C@H]2O)c(=O)[nH]1.Nc1ncnc2c1ncn2[C@@H]1O[C@H](COP(=O)(O)OP(=O)(O)OP(=O)(O)O)[C@@H](CF)[C@H]1O. The number of halogens is 2. The molecular weight excluding hydrogens is 2020 g/mol. The van der Waals surface area contributed by atoms with Gasteiger partial charge in [0.2, 0.25) is 11.9 Å². The number of nitrogen functional groups attached to an aromatic ring is 3. The Bertz CT molecular complexity index is 5840. The highest BCUT2D eigenvalue weighted by atomic mass is 31.3. The van der Waals surface area contributed by atoms with Gasteiger partial charge in [-0.25, -0.2) is 84.5 Å². The van der Waals surface area contributed by atoms with Gasteiger partial charge >= 0.3 is 99.6 Å². The Morgan fingerprint density at radius 3 is 0.945 bits per heavy atom. The second-order valence-electron chi connectivity index (χ2n) is 25.4. The van der Waals surface area contributed by atoms with E-state index in [1.54, 1.807) is 0 Å². The number of aromatic nitrogens is 14. The van der Waals surface area contributed by atoms with Crippen molar-refractivity contribution in [2.24, 2.45) is 35.1 Å².